The van der Waals surface area contributed by atoms with Crippen molar-refractivity contribution in [2.75, 3.05) is 37.4 Å². The molecule has 3 N–H and O–H groups in total. The van der Waals surface area contributed by atoms with E-state index in [1.165, 1.54) is 0 Å². The van der Waals surface area contributed by atoms with Gasteiger partial charge in [0.1, 0.15) is 0 Å². The number of hydrogen-bond acceptors (Lipinski definition) is 6. The van der Waals surface area contributed by atoms with Gasteiger partial charge in [-0.2, -0.15) is 0 Å². The number of nitrogens with two attached hydrogens (primary N) is 1. The molecule has 6 heteroatoms. The van der Waals surface area contributed by atoms with Gasteiger partial charge in [0.05, 0.1) is 5.60 Å². The van der Waals surface area contributed by atoms with Crippen molar-refractivity contribution in [1.29, 1.82) is 0 Å². The first-order valence-corrected chi connectivity index (χ1v) is 5.68. The van der Waals surface area contributed by atoms with Crippen LogP contribution in [-0.2, 0) is 4.74 Å². The average molecular weight is 238 g/mol. The first-order valence-electron chi connectivity index (χ1n) is 5.68. The largest absolute Gasteiger partial charge is 0.388 e. The van der Waals surface area contributed by atoms with E-state index in [-0.39, 0.29) is 0 Å². The number of aromatic nitrogens is 2. The molecule has 1 aromatic heterocycles. The van der Waals surface area contributed by atoms with Crippen molar-refractivity contribution in [3.8, 4) is 0 Å². The van der Waals surface area contributed by atoms with E-state index in [0.717, 1.165) is 0 Å². The second-order valence-corrected chi connectivity index (χ2v) is 4.46. The summed E-state index contributed by atoms with van der Waals surface area (Å²) in [6, 6.07) is 0. The Morgan fingerprint density at radius 2 is 2.06 bits per heavy atom. The minimum absolute atomic E-state index is 0.380. The zero-order chi connectivity index (χ0) is 12.3. The summed E-state index contributed by atoms with van der Waals surface area (Å²) >= 11 is 0. The number of aliphatic hydroxyl groups is 1. The molecule has 2 rings (SSSR count). The molecule has 0 bridgehead atoms. The van der Waals surface area contributed by atoms with E-state index >= 15 is 0 Å². The lowest BCUT2D eigenvalue weighted by atomic mass is 9.94. The standard InChI is InChI=1S/C11H18N4O2/c1-15(10-9(12)13-4-5-14-10)8-11(16)2-6-17-7-3-11/h4-5,16H,2-3,6-8H2,1H3,(H2,12,13). The normalized spacial score (nSPS) is 18.9. The molecule has 0 atom stereocenters. The molecule has 0 saturated carbocycles. The minimum atomic E-state index is -0.725. The van der Waals surface area contributed by atoms with E-state index in [4.69, 9.17) is 10.5 Å². The molecule has 0 aromatic carbocycles. The molecule has 0 spiro atoms. The van der Waals surface area contributed by atoms with Crippen molar-refractivity contribution in [2.45, 2.75) is 18.4 Å². The second kappa shape index (κ2) is 4.85. The SMILES string of the molecule is CN(CC1(O)CCOCC1)c1nccnc1N. The van der Waals surface area contributed by atoms with Gasteiger partial charge in [0.2, 0.25) is 0 Å². The topological polar surface area (TPSA) is 84.5 Å². The van der Waals surface area contributed by atoms with Gasteiger partial charge >= 0.3 is 0 Å². The number of ether oxygens (including phenoxy) is 1. The summed E-state index contributed by atoms with van der Waals surface area (Å²) in [6.07, 6.45) is 4.42. The van der Waals surface area contributed by atoms with Gasteiger partial charge in [-0.05, 0) is 0 Å². The Balaban J connectivity index is 2.06. The quantitative estimate of drug-likeness (QED) is 0.773. The highest BCUT2D eigenvalue weighted by Crippen LogP contribution is 2.24. The fourth-order valence-corrected chi connectivity index (χ4v) is 2.06. The van der Waals surface area contributed by atoms with Crippen LogP contribution < -0.4 is 10.6 Å². The number of rotatable bonds is 3. The summed E-state index contributed by atoms with van der Waals surface area (Å²) < 4.78 is 5.24. The summed E-state index contributed by atoms with van der Waals surface area (Å²) in [7, 11) is 1.85. The van der Waals surface area contributed by atoms with E-state index in [9.17, 15) is 5.11 Å². The molecule has 17 heavy (non-hydrogen) atoms. The van der Waals surface area contributed by atoms with Crippen LogP contribution in [-0.4, -0.2) is 47.5 Å². The van der Waals surface area contributed by atoms with Crippen molar-refractivity contribution in [3.05, 3.63) is 12.4 Å². The number of anilines is 2. The van der Waals surface area contributed by atoms with Gasteiger partial charge in [0.25, 0.3) is 0 Å². The molecule has 0 amide bonds. The molecular formula is C11H18N4O2. The first-order chi connectivity index (χ1) is 8.11. The van der Waals surface area contributed by atoms with Crippen molar-refractivity contribution >= 4 is 11.6 Å². The zero-order valence-electron chi connectivity index (χ0n) is 9.96. The Hall–Kier alpha value is -1.40. The lowest BCUT2D eigenvalue weighted by Crippen LogP contribution is -2.46. The summed E-state index contributed by atoms with van der Waals surface area (Å²) in [5.41, 5.74) is 5.02. The minimum Gasteiger partial charge on any atom is -0.388 e. The summed E-state index contributed by atoms with van der Waals surface area (Å²) in [4.78, 5) is 10.00. The van der Waals surface area contributed by atoms with Crippen LogP contribution in [0.15, 0.2) is 12.4 Å². The second-order valence-electron chi connectivity index (χ2n) is 4.46. The van der Waals surface area contributed by atoms with Crippen LogP contribution in [0.3, 0.4) is 0 Å². The molecule has 0 aliphatic carbocycles. The van der Waals surface area contributed by atoms with E-state index in [0.29, 0.717) is 44.2 Å². The lowest BCUT2D eigenvalue weighted by molar-refractivity contribution is -0.0573. The van der Waals surface area contributed by atoms with Gasteiger partial charge in [0, 0.05) is 52.0 Å². The molecule has 1 fully saturated rings. The van der Waals surface area contributed by atoms with Gasteiger partial charge in [-0.1, -0.05) is 0 Å². The molecule has 1 aliphatic rings. The molecule has 1 aromatic rings. The maximum Gasteiger partial charge on any atom is 0.171 e. The highest BCUT2D eigenvalue weighted by molar-refractivity contribution is 5.56. The molecule has 94 valence electrons. The fourth-order valence-electron chi connectivity index (χ4n) is 2.06. The van der Waals surface area contributed by atoms with Crippen LogP contribution in [0, 0.1) is 0 Å². The molecule has 0 radical (unpaired) electrons. The smallest absolute Gasteiger partial charge is 0.171 e. The first kappa shape index (κ1) is 12.1. The maximum absolute atomic E-state index is 10.4. The monoisotopic (exact) mass is 238 g/mol. The van der Waals surface area contributed by atoms with Crippen LogP contribution in [0.4, 0.5) is 11.6 Å². The Bertz CT molecular complexity index is 379. The summed E-state index contributed by atoms with van der Waals surface area (Å²) in [5.74, 6) is 0.984. The van der Waals surface area contributed by atoms with Gasteiger partial charge < -0.3 is 20.5 Å². The summed E-state index contributed by atoms with van der Waals surface area (Å²) in [5, 5.41) is 10.4. The van der Waals surface area contributed by atoms with Crippen LogP contribution in [0.5, 0.6) is 0 Å². The van der Waals surface area contributed by atoms with Crippen molar-refractivity contribution in [3.63, 3.8) is 0 Å². The third-order valence-corrected chi connectivity index (χ3v) is 3.02. The highest BCUT2D eigenvalue weighted by atomic mass is 16.5. The van der Waals surface area contributed by atoms with E-state index < -0.39 is 5.60 Å². The predicted molar refractivity (Wildman–Crippen MR) is 64.7 cm³/mol. The summed E-state index contributed by atoms with van der Waals surface area (Å²) in [6.45, 7) is 1.68. The van der Waals surface area contributed by atoms with Crippen LogP contribution in [0.2, 0.25) is 0 Å². The van der Waals surface area contributed by atoms with E-state index in [1.54, 1.807) is 12.4 Å². The third kappa shape index (κ3) is 2.83. The van der Waals surface area contributed by atoms with Gasteiger partial charge in [0.15, 0.2) is 11.6 Å². The van der Waals surface area contributed by atoms with Crippen molar-refractivity contribution in [2.24, 2.45) is 0 Å². The maximum atomic E-state index is 10.4. The number of nitrogen functional groups attached to an aromatic ring is 1. The predicted octanol–water partition coefficient (Wildman–Crippen LogP) is 0.0365. The van der Waals surface area contributed by atoms with Crippen molar-refractivity contribution < 1.29 is 9.84 Å². The number of nitrogens with zero attached hydrogens (tertiary/aromatic N) is 3. The molecular weight excluding hydrogens is 220 g/mol. The van der Waals surface area contributed by atoms with E-state index in [1.807, 2.05) is 11.9 Å². The van der Waals surface area contributed by atoms with Gasteiger partial charge in [-0.15, -0.1) is 0 Å². The number of likely N-dealkylation sites (N-methyl/N-ethyl adjacent to an activating group) is 1. The third-order valence-electron chi connectivity index (χ3n) is 3.02. The Morgan fingerprint density at radius 1 is 1.41 bits per heavy atom. The fraction of sp³-hybridized carbons (Fsp3) is 0.636. The molecule has 0 unspecified atom stereocenters. The Labute approximate surface area is 100 Å². The molecule has 6 nitrogen and oxygen atoms in total. The van der Waals surface area contributed by atoms with Crippen LogP contribution >= 0.6 is 0 Å². The van der Waals surface area contributed by atoms with Gasteiger partial charge in [-0.3, -0.25) is 0 Å². The molecule has 1 aliphatic heterocycles. The van der Waals surface area contributed by atoms with E-state index in [2.05, 4.69) is 9.97 Å². The van der Waals surface area contributed by atoms with Crippen molar-refractivity contribution in [1.82, 2.24) is 9.97 Å². The zero-order valence-corrected chi connectivity index (χ0v) is 9.96. The molecule has 2 heterocycles. The van der Waals surface area contributed by atoms with Gasteiger partial charge in [-0.25, -0.2) is 9.97 Å². The highest BCUT2D eigenvalue weighted by Gasteiger charge is 2.31. The average Bonchev–Trinajstić information content (AvgIpc) is 2.29. The van der Waals surface area contributed by atoms with Crippen LogP contribution in [0.1, 0.15) is 12.8 Å². The lowest BCUT2D eigenvalue weighted by Gasteiger charge is -2.35. The Kier molecular flexibility index (Phi) is 3.44. The molecule has 1 saturated heterocycles. The van der Waals surface area contributed by atoms with Crippen LogP contribution in [0.25, 0.3) is 0 Å². The number of hydrogen-bond donors (Lipinski definition) is 2. The Morgan fingerprint density at radius 3 is 2.71 bits per heavy atom.